The summed E-state index contributed by atoms with van der Waals surface area (Å²) in [5.41, 5.74) is 0.605. The Labute approximate surface area is 199 Å². The Morgan fingerprint density at radius 1 is 1.24 bits per heavy atom. The number of nitrogens with one attached hydrogen (secondary N) is 1. The number of morpholine rings is 1. The number of carbonyl (C=O) groups is 2. The molecule has 0 atom stereocenters. The molecule has 1 aromatic heterocycles. The number of hydrogen-bond acceptors (Lipinski definition) is 11. The molecule has 0 unspecified atom stereocenters. The largest absolute Gasteiger partial charge is 0.496 e. The van der Waals surface area contributed by atoms with Crippen LogP contribution in [-0.2, 0) is 35.5 Å². The molecule has 1 aliphatic rings. The molecule has 1 aliphatic heterocycles. The van der Waals surface area contributed by atoms with E-state index in [4.69, 9.17) is 9.47 Å². The number of nitrogens with zero attached hydrogens (tertiary/aromatic N) is 3. The molecule has 0 aliphatic carbocycles. The van der Waals surface area contributed by atoms with Gasteiger partial charge in [0.05, 0.1) is 38.1 Å². The summed E-state index contributed by atoms with van der Waals surface area (Å²) in [5, 5.41) is 10.8. The minimum absolute atomic E-state index is 0.0850. The maximum absolute atomic E-state index is 12.9. The molecule has 14 heteroatoms. The summed E-state index contributed by atoms with van der Waals surface area (Å²) in [5.74, 6) is -0.0874. The third-order valence-corrected chi connectivity index (χ3v) is 8.52. The van der Waals surface area contributed by atoms with E-state index in [9.17, 15) is 18.0 Å². The molecule has 0 spiro atoms. The Hall–Kier alpha value is -2.26. The van der Waals surface area contributed by atoms with E-state index in [1.54, 1.807) is 12.1 Å². The Morgan fingerprint density at radius 3 is 2.70 bits per heavy atom. The van der Waals surface area contributed by atoms with Crippen LogP contribution >= 0.6 is 23.1 Å². The van der Waals surface area contributed by atoms with Crippen LogP contribution < -0.4 is 10.1 Å². The average Bonchev–Trinajstić information content (AvgIpc) is 3.28. The van der Waals surface area contributed by atoms with Crippen LogP contribution in [0.25, 0.3) is 0 Å². The normalized spacial score (nSPS) is 14.6. The zero-order valence-electron chi connectivity index (χ0n) is 18.1. The van der Waals surface area contributed by atoms with Crippen molar-refractivity contribution in [2.24, 2.45) is 0 Å². The number of aryl methyl sites for hydroxylation is 1. The van der Waals surface area contributed by atoms with E-state index in [0.29, 0.717) is 47.1 Å². The number of carbonyl (C=O) groups excluding carboxylic acids is 2. The SMILES string of the molecule is COC(=O)CSc1nnc(NC(=O)CCc2cc(S(=O)(=O)N3CCOCC3)ccc2OC)s1. The van der Waals surface area contributed by atoms with Gasteiger partial charge in [-0.1, -0.05) is 23.1 Å². The number of hydrogen-bond donors (Lipinski definition) is 1. The van der Waals surface area contributed by atoms with Gasteiger partial charge >= 0.3 is 5.97 Å². The first-order valence-corrected chi connectivity index (χ1v) is 13.2. The monoisotopic (exact) mass is 516 g/mol. The summed E-state index contributed by atoms with van der Waals surface area (Å²) in [4.78, 5) is 23.8. The lowest BCUT2D eigenvalue weighted by Crippen LogP contribution is -2.40. The number of rotatable bonds is 10. The number of thioether (sulfide) groups is 1. The number of benzene rings is 1. The van der Waals surface area contributed by atoms with Crippen molar-refractivity contribution < 1.29 is 32.2 Å². The molecule has 0 bridgehead atoms. The lowest BCUT2D eigenvalue weighted by molar-refractivity contribution is -0.137. The van der Waals surface area contributed by atoms with Gasteiger partial charge in [0, 0.05) is 19.5 Å². The molecule has 0 saturated carbocycles. The molecule has 180 valence electrons. The lowest BCUT2D eigenvalue weighted by Gasteiger charge is -2.26. The number of esters is 1. The minimum Gasteiger partial charge on any atom is -0.496 e. The maximum Gasteiger partial charge on any atom is 0.316 e. The van der Waals surface area contributed by atoms with Crippen molar-refractivity contribution in [3.63, 3.8) is 0 Å². The molecule has 2 heterocycles. The van der Waals surface area contributed by atoms with E-state index < -0.39 is 10.0 Å². The van der Waals surface area contributed by atoms with Gasteiger partial charge in [-0.05, 0) is 30.2 Å². The van der Waals surface area contributed by atoms with Gasteiger partial charge in [0.1, 0.15) is 5.75 Å². The van der Waals surface area contributed by atoms with Crippen LogP contribution in [0.15, 0.2) is 27.4 Å². The van der Waals surface area contributed by atoms with Crippen molar-refractivity contribution in [2.45, 2.75) is 22.1 Å². The predicted octanol–water partition coefficient (Wildman–Crippen LogP) is 1.40. The summed E-state index contributed by atoms with van der Waals surface area (Å²) in [6.45, 7) is 1.32. The van der Waals surface area contributed by atoms with E-state index in [2.05, 4.69) is 20.3 Å². The zero-order chi connectivity index (χ0) is 23.8. The quantitative estimate of drug-likeness (QED) is 0.280. The third-order valence-electron chi connectivity index (χ3n) is 4.68. The predicted molar refractivity (Wildman–Crippen MR) is 122 cm³/mol. The lowest BCUT2D eigenvalue weighted by atomic mass is 10.1. The average molecular weight is 517 g/mol. The summed E-state index contributed by atoms with van der Waals surface area (Å²) >= 11 is 2.31. The van der Waals surface area contributed by atoms with Gasteiger partial charge in [-0.25, -0.2) is 8.42 Å². The molecule has 2 aromatic rings. The van der Waals surface area contributed by atoms with Gasteiger partial charge in [0.25, 0.3) is 0 Å². The van der Waals surface area contributed by atoms with Crippen molar-refractivity contribution >= 4 is 50.1 Å². The van der Waals surface area contributed by atoms with Crippen LogP contribution in [0.2, 0.25) is 0 Å². The molecule has 3 rings (SSSR count). The van der Waals surface area contributed by atoms with Gasteiger partial charge in [-0.2, -0.15) is 4.31 Å². The fraction of sp³-hybridized carbons (Fsp3) is 0.474. The first kappa shape index (κ1) is 25.4. The van der Waals surface area contributed by atoms with E-state index in [0.717, 1.165) is 11.3 Å². The van der Waals surface area contributed by atoms with Crippen molar-refractivity contribution in [1.82, 2.24) is 14.5 Å². The molecular weight excluding hydrogens is 492 g/mol. The van der Waals surface area contributed by atoms with Crippen LogP contribution in [0, 0.1) is 0 Å². The molecule has 1 saturated heterocycles. The number of methoxy groups -OCH3 is 2. The highest BCUT2D eigenvalue weighted by Gasteiger charge is 2.27. The van der Waals surface area contributed by atoms with Gasteiger partial charge in [-0.3, -0.25) is 9.59 Å². The molecule has 11 nitrogen and oxygen atoms in total. The second kappa shape index (κ2) is 11.7. The van der Waals surface area contributed by atoms with Crippen LogP contribution in [0.5, 0.6) is 5.75 Å². The first-order chi connectivity index (χ1) is 15.8. The second-order valence-electron chi connectivity index (χ2n) is 6.78. The first-order valence-electron chi connectivity index (χ1n) is 9.91. The number of ether oxygens (including phenoxy) is 3. The Morgan fingerprint density at radius 2 is 2.00 bits per heavy atom. The standard InChI is InChI=1S/C19H24N4O7S3/c1-28-15-5-4-14(33(26,27)23-7-9-30-10-8-23)11-13(15)3-6-16(24)20-18-21-22-19(32-18)31-12-17(25)29-2/h4-5,11H,3,6-10,12H2,1-2H3,(H,20,21,24). The van der Waals surface area contributed by atoms with E-state index in [1.807, 2.05) is 0 Å². The Kier molecular flexibility index (Phi) is 9.02. The van der Waals surface area contributed by atoms with Crippen LogP contribution in [0.3, 0.4) is 0 Å². The Bertz CT molecular complexity index is 1080. The highest BCUT2D eigenvalue weighted by molar-refractivity contribution is 8.01. The highest BCUT2D eigenvalue weighted by Crippen LogP contribution is 2.27. The van der Waals surface area contributed by atoms with Crippen LogP contribution in [0.4, 0.5) is 5.13 Å². The summed E-state index contributed by atoms with van der Waals surface area (Å²) in [6, 6.07) is 4.64. The van der Waals surface area contributed by atoms with E-state index in [-0.39, 0.29) is 35.4 Å². The van der Waals surface area contributed by atoms with Gasteiger partial charge in [0.2, 0.25) is 21.1 Å². The molecule has 0 radical (unpaired) electrons. The molecule has 33 heavy (non-hydrogen) atoms. The molecule has 1 amide bonds. The number of aromatic nitrogens is 2. The summed E-state index contributed by atoms with van der Waals surface area (Å²) < 4.78 is 42.9. The van der Waals surface area contributed by atoms with Crippen molar-refractivity contribution in [3.05, 3.63) is 23.8 Å². The number of anilines is 1. The minimum atomic E-state index is -3.66. The van der Waals surface area contributed by atoms with Crippen molar-refractivity contribution in [1.29, 1.82) is 0 Å². The molecule has 1 N–H and O–H groups in total. The van der Waals surface area contributed by atoms with Crippen molar-refractivity contribution in [2.75, 3.05) is 51.6 Å². The summed E-state index contributed by atoms with van der Waals surface area (Å²) in [6.07, 6.45) is 0.353. The molecule has 1 fully saturated rings. The van der Waals surface area contributed by atoms with Gasteiger partial charge in [0.15, 0.2) is 4.34 Å². The van der Waals surface area contributed by atoms with Crippen LogP contribution in [0.1, 0.15) is 12.0 Å². The maximum atomic E-state index is 12.9. The topological polar surface area (TPSA) is 137 Å². The smallest absolute Gasteiger partial charge is 0.316 e. The van der Waals surface area contributed by atoms with E-state index in [1.165, 1.54) is 36.4 Å². The van der Waals surface area contributed by atoms with Gasteiger partial charge in [-0.15, -0.1) is 10.2 Å². The fourth-order valence-electron chi connectivity index (χ4n) is 2.97. The Balaban J connectivity index is 1.62. The zero-order valence-corrected chi connectivity index (χ0v) is 20.6. The van der Waals surface area contributed by atoms with Gasteiger partial charge < -0.3 is 19.5 Å². The van der Waals surface area contributed by atoms with Crippen LogP contribution in [-0.4, -0.2) is 81.1 Å². The fourth-order valence-corrected chi connectivity index (χ4v) is 6.03. The number of amides is 1. The van der Waals surface area contributed by atoms with E-state index >= 15 is 0 Å². The summed E-state index contributed by atoms with van der Waals surface area (Å²) in [7, 11) is -0.869. The molecule has 1 aromatic carbocycles. The number of sulfonamides is 1. The highest BCUT2D eigenvalue weighted by atomic mass is 32.2. The molecular formula is C19H24N4O7S3. The third kappa shape index (κ3) is 6.86. The van der Waals surface area contributed by atoms with Crippen molar-refractivity contribution in [3.8, 4) is 5.75 Å². The second-order valence-corrected chi connectivity index (χ2v) is 10.9.